The fourth-order valence-electron chi connectivity index (χ4n) is 2.33. The smallest absolute Gasteiger partial charge is 0.311 e. The van der Waals surface area contributed by atoms with Gasteiger partial charge < -0.3 is 10.2 Å². The Balaban J connectivity index is 2.27. The van der Waals surface area contributed by atoms with Crippen LogP contribution in [-0.4, -0.2) is 40.5 Å². The van der Waals surface area contributed by atoms with Crippen LogP contribution in [0.1, 0.15) is 26.7 Å². The molecule has 0 spiro atoms. The van der Waals surface area contributed by atoms with Crippen LogP contribution in [0.4, 0.5) is 17.3 Å². The standard InChI is InChI=1S/C14H22N4O2S/c1-3-7-15-13-6-5-12(18(19)20)14(16-13)17-8-9-21-11(4-2)10-17/h5-6,11H,3-4,7-10H2,1-2H3,(H,15,16). The van der Waals surface area contributed by atoms with Gasteiger partial charge in [0.2, 0.25) is 5.82 Å². The Kier molecular flexibility index (Phi) is 5.67. The summed E-state index contributed by atoms with van der Waals surface area (Å²) in [6, 6.07) is 3.25. The van der Waals surface area contributed by atoms with Crippen molar-refractivity contribution in [1.29, 1.82) is 0 Å². The molecule has 116 valence electrons. The van der Waals surface area contributed by atoms with Crippen LogP contribution >= 0.6 is 11.8 Å². The Morgan fingerprint density at radius 1 is 1.52 bits per heavy atom. The topological polar surface area (TPSA) is 71.3 Å². The summed E-state index contributed by atoms with van der Waals surface area (Å²) >= 11 is 1.94. The molecule has 0 bridgehead atoms. The van der Waals surface area contributed by atoms with Crippen LogP contribution in [0.15, 0.2) is 12.1 Å². The molecule has 0 saturated carbocycles. The molecule has 1 atom stereocenters. The molecule has 0 radical (unpaired) electrons. The number of thioether (sulfide) groups is 1. The number of nitrogens with zero attached hydrogens (tertiary/aromatic N) is 3. The van der Waals surface area contributed by atoms with Crippen molar-refractivity contribution in [3.63, 3.8) is 0 Å². The monoisotopic (exact) mass is 310 g/mol. The van der Waals surface area contributed by atoms with Crippen molar-refractivity contribution in [3.05, 3.63) is 22.2 Å². The van der Waals surface area contributed by atoms with Crippen LogP contribution in [0, 0.1) is 10.1 Å². The van der Waals surface area contributed by atoms with Crippen molar-refractivity contribution in [2.75, 3.05) is 35.6 Å². The maximum atomic E-state index is 11.3. The van der Waals surface area contributed by atoms with E-state index in [0.717, 1.165) is 38.2 Å². The number of nitro groups is 1. The van der Waals surface area contributed by atoms with Crippen LogP contribution in [0.2, 0.25) is 0 Å². The Bertz CT molecular complexity index is 498. The summed E-state index contributed by atoms with van der Waals surface area (Å²) < 4.78 is 0. The number of rotatable bonds is 6. The van der Waals surface area contributed by atoms with Crippen molar-refractivity contribution >= 4 is 29.1 Å². The van der Waals surface area contributed by atoms with Gasteiger partial charge in [0.1, 0.15) is 5.82 Å². The molecule has 2 heterocycles. The molecule has 1 aliphatic heterocycles. The lowest BCUT2D eigenvalue weighted by molar-refractivity contribution is -0.384. The summed E-state index contributed by atoms with van der Waals surface area (Å²) in [7, 11) is 0. The minimum atomic E-state index is -0.339. The second-order valence-corrected chi connectivity index (χ2v) is 6.48. The van der Waals surface area contributed by atoms with E-state index >= 15 is 0 Å². The molecule has 1 N–H and O–H groups in total. The van der Waals surface area contributed by atoms with Gasteiger partial charge in [-0.05, 0) is 18.9 Å². The third kappa shape index (κ3) is 4.00. The third-order valence-corrected chi connectivity index (χ3v) is 4.87. The molecule has 7 heteroatoms. The molecule has 1 saturated heterocycles. The second kappa shape index (κ2) is 7.49. The van der Waals surface area contributed by atoms with Gasteiger partial charge in [0.05, 0.1) is 4.92 Å². The van der Waals surface area contributed by atoms with Crippen LogP contribution < -0.4 is 10.2 Å². The maximum Gasteiger partial charge on any atom is 0.311 e. The second-order valence-electron chi connectivity index (χ2n) is 5.07. The van der Waals surface area contributed by atoms with Crippen molar-refractivity contribution in [3.8, 4) is 0 Å². The fourth-order valence-corrected chi connectivity index (χ4v) is 3.51. The van der Waals surface area contributed by atoms with Crippen molar-refractivity contribution in [2.24, 2.45) is 0 Å². The average Bonchev–Trinajstić information content (AvgIpc) is 2.52. The Morgan fingerprint density at radius 3 is 3.00 bits per heavy atom. The summed E-state index contributed by atoms with van der Waals surface area (Å²) in [5.74, 6) is 2.20. The highest BCUT2D eigenvalue weighted by atomic mass is 32.2. The quantitative estimate of drug-likeness (QED) is 0.643. The molecular weight excluding hydrogens is 288 g/mol. The third-order valence-electron chi connectivity index (χ3n) is 3.50. The van der Waals surface area contributed by atoms with E-state index < -0.39 is 0 Å². The van der Waals surface area contributed by atoms with Gasteiger partial charge in [-0.25, -0.2) is 4.98 Å². The van der Waals surface area contributed by atoms with E-state index in [1.807, 2.05) is 11.8 Å². The van der Waals surface area contributed by atoms with Gasteiger partial charge in [-0.1, -0.05) is 13.8 Å². The fraction of sp³-hybridized carbons (Fsp3) is 0.643. The molecule has 1 fully saturated rings. The van der Waals surface area contributed by atoms with E-state index in [-0.39, 0.29) is 10.6 Å². The zero-order valence-corrected chi connectivity index (χ0v) is 13.4. The number of aromatic nitrogens is 1. The predicted molar refractivity (Wildman–Crippen MR) is 88.4 cm³/mol. The van der Waals surface area contributed by atoms with E-state index in [9.17, 15) is 10.1 Å². The minimum Gasteiger partial charge on any atom is -0.370 e. The Morgan fingerprint density at radius 2 is 2.33 bits per heavy atom. The number of hydrogen-bond donors (Lipinski definition) is 1. The van der Waals surface area contributed by atoms with Crippen LogP contribution in [0.5, 0.6) is 0 Å². The lowest BCUT2D eigenvalue weighted by Gasteiger charge is -2.32. The summed E-state index contributed by atoms with van der Waals surface area (Å²) in [4.78, 5) is 17.5. The zero-order chi connectivity index (χ0) is 15.2. The maximum absolute atomic E-state index is 11.3. The first kappa shape index (κ1) is 15.9. The number of hydrogen-bond acceptors (Lipinski definition) is 6. The van der Waals surface area contributed by atoms with Crippen LogP contribution in [0.25, 0.3) is 0 Å². The highest BCUT2D eigenvalue weighted by Crippen LogP contribution is 2.32. The van der Waals surface area contributed by atoms with Crippen molar-refractivity contribution < 1.29 is 4.92 Å². The van der Waals surface area contributed by atoms with Crippen molar-refractivity contribution in [1.82, 2.24) is 4.98 Å². The molecule has 1 aromatic rings. The molecule has 0 aliphatic carbocycles. The van der Waals surface area contributed by atoms with Gasteiger partial charge in [-0.2, -0.15) is 11.8 Å². The SMILES string of the molecule is CCCNc1ccc([N+](=O)[O-])c(N2CCSC(CC)C2)n1. The van der Waals surface area contributed by atoms with Gasteiger partial charge >= 0.3 is 5.69 Å². The molecule has 2 rings (SSSR count). The lowest BCUT2D eigenvalue weighted by atomic mass is 10.2. The van der Waals surface area contributed by atoms with E-state index in [2.05, 4.69) is 29.0 Å². The molecular formula is C14H22N4O2S. The van der Waals surface area contributed by atoms with E-state index in [4.69, 9.17) is 0 Å². The molecule has 1 unspecified atom stereocenters. The number of anilines is 2. The van der Waals surface area contributed by atoms with E-state index in [1.165, 1.54) is 0 Å². The molecule has 1 aliphatic rings. The summed E-state index contributed by atoms with van der Waals surface area (Å²) in [5.41, 5.74) is 0.0961. The average molecular weight is 310 g/mol. The van der Waals surface area contributed by atoms with Crippen LogP contribution in [-0.2, 0) is 0 Å². The lowest BCUT2D eigenvalue weighted by Crippen LogP contribution is -2.38. The number of nitrogens with one attached hydrogen (secondary N) is 1. The Hall–Kier alpha value is -1.50. The van der Waals surface area contributed by atoms with Gasteiger partial charge in [-0.3, -0.25) is 10.1 Å². The zero-order valence-electron chi connectivity index (χ0n) is 12.5. The van der Waals surface area contributed by atoms with E-state index in [0.29, 0.717) is 16.9 Å². The minimum absolute atomic E-state index is 0.0961. The van der Waals surface area contributed by atoms with Gasteiger partial charge in [-0.15, -0.1) is 0 Å². The Labute approximate surface area is 129 Å². The van der Waals surface area contributed by atoms with E-state index in [1.54, 1.807) is 12.1 Å². The molecule has 21 heavy (non-hydrogen) atoms. The van der Waals surface area contributed by atoms with Gasteiger partial charge in [0, 0.05) is 36.7 Å². The summed E-state index contributed by atoms with van der Waals surface area (Å²) in [6.07, 6.45) is 2.06. The van der Waals surface area contributed by atoms with Gasteiger partial charge in [0.15, 0.2) is 0 Å². The summed E-state index contributed by atoms with van der Waals surface area (Å²) in [5, 5.41) is 15.0. The molecule has 1 aromatic heterocycles. The largest absolute Gasteiger partial charge is 0.370 e. The first-order valence-corrected chi connectivity index (χ1v) is 8.46. The predicted octanol–water partition coefficient (Wildman–Crippen LogP) is 3.14. The van der Waals surface area contributed by atoms with Gasteiger partial charge in [0.25, 0.3) is 0 Å². The highest BCUT2D eigenvalue weighted by Gasteiger charge is 2.26. The number of pyridine rings is 1. The first-order valence-electron chi connectivity index (χ1n) is 7.41. The molecule has 6 nitrogen and oxygen atoms in total. The molecule has 0 amide bonds. The van der Waals surface area contributed by atoms with Crippen molar-refractivity contribution in [2.45, 2.75) is 31.9 Å². The highest BCUT2D eigenvalue weighted by molar-refractivity contribution is 8.00. The summed E-state index contributed by atoms with van der Waals surface area (Å²) in [6.45, 7) is 6.69. The molecule has 0 aromatic carbocycles. The normalized spacial score (nSPS) is 18.6. The first-order chi connectivity index (χ1) is 10.2. The van der Waals surface area contributed by atoms with Crippen LogP contribution in [0.3, 0.4) is 0 Å².